The van der Waals surface area contributed by atoms with Crippen molar-refractivity contribution in [3.63, 3.8) is 0 Å². The molecule has 2 atom stereocenters. The van der Waals surface area contributed by atoms with Gasteiger partial charge in [0.15, 0.2) is 0 Å². The Hall–Kier alpha value is -0.640. The van der Waals surface area contributed by atoms with Gasteiger partial charge < -0.3 is 5.32 Å². The summed E-state index contributed by atoms with van der Waals surface area (Å²) in [5, 5.41) is 5.85. The highest BCUT2D eigenvalue weighted by Gasteiger charge is 2.12. The monoisotopic (exact) mass is 337 g/mol. The van der Waals surface area contributed by atoms with Gasteiger partial charge in [-0.15, -0.1) is 11.3 Å². The van der Waals surface area contributed by atoms with Crippen molar-refractivity contribution in [2.45, 2.75) is 39.3 Å². The summed E-state index contributed by atoms with van der Waals surface area (Å²) in [4.78, 5) is 1.45. The van der Waals surface area contributed by atoms with Gasteiger partial charge in [0, 0.05) is 21.4 Å². The van der Waals surface area contributed by atoms with E-state index in [4.69, 9.17) is 0 Å². The van der Waals surface area contributed by atoms with Gasteiger partial charge in [-0.25, -0.2) is 0 Å². The van der Waals surface area contributed by atoms with Gasteiger partial charge in [0.1, 0.15) is 0 Å². The minimum absolute atomic E-state index is 0.422. The van der Waals surface area contributed by atoms with Crippen LogP contribution in [-0.2, 0) is 6.42 Å². The van der Waals surface area contributed by atoms with E-state index in [2.05, 4.69) is 77.7 Å². The molecule has 0 saturated heterocycles. The summed E-state index contributed by atoms with van der Waals surface area (Å²) >= 11 is 5.31. The lowest BCUT2D eigenvalue weighted by molar-refractivity contribution is 0.481. The number of thiophene rings is 1. The van der Waals surface area contributed by atoms with Crippen LogP contribution in [0.4, 0.5) is 0 Å². The van der Waals surface area contributed by atoms with Gasteiger partial charge >= 0.3 is 0 Å². The third-order valence-corrected chi connectivity index (χ3v) is 5.01. The lowest BCUT2D eigenvalue weighted by Crippen LogP contribution is -2.30. The normalized spacial score (nSPS) is 14.3. The zero-order valence-corrected chi connectivity index (χ0v) is 14.0. The summed E-state index contributed by atoms with van der Waals surface area (Å²) in [5.74, 6) is 0. The molecule has 0 fully saturated rings. The van der Waals surface area contributed by atoms with Gasteiger partial charge in [-0.3, -0.25) is 0 Å². The summed E-state index contributed by atoms with van der Waals surface area (Å²) in [7, 11) is 0. The minimum atomic E-state index is 0.422. The summed E-state index contributed by atoms with van der Waals surface area (Å²) in [5.41, 5.74) is 2.76. The standard InChI is InChI=1S/C16H20BrNS/c1-11-8-9-19-16(11)13(3)18-12(2)10-14-4-6-15(17)7-5-14/h4-9,12-13,18H,10H2,1-3H3. The van der Waals surface area contributed by atoms with Crippen molar-refractivity contribution >= 4 is 27.3 Å². The fraction of sp³-hybridized carbons (Fsp3) is 0.375. The third kappa shape index (κ3) is 4.16. The number of halogens is 1. The van der Waals surface area contributed by atoms with E-state index < -0.39 is 0 Å². The molecule has 0 amide bonds. The second-order valence-corrected chi connectivity index (χ2v) is 6.95. The van der Waals surface area contributed by atoms with Crippen LogP contribution in [-0.4, -0.2) is 6.04 Å². The topological polar surface area (TPSA) is 12.0 Å². The quantitative estimate of drug-likeness (QED) is 0.800. The molecule has 0 aliphatic heterocycles. The fourth-order valence-electron chi connectivity index (χ4n) is 2.36. The van der Waals surface area contributed by atoms with E-state index in [1.165, 1.54) is 16.0 Å². The van der Waals surface area contributed by atoms with Crippen LogP contribution < -0.4 is 5.32 Å². The average Bonchev–Trinajstić information content (AvgIpc) is 2.78. The molecular formula is C16H20BrNS. The van der Waals surface area contributed by atoms with E-state index >= 15 is 0 Å². The number of hydrogen-bond donors (Lipinski definition) is 1. The lowest BCUT2D eigenvalue weighted by Gasteiger charge is -2.20. The Balaban J connectivity index is 1.92. The molecule has 1 aromatic heterocycles. The molecule has 0 saturated carbocycles. The van der Waals surface area contributed by atoms with Gasteiger partial charge in [-0.1, -0.05) is 28.1 Å². The Kier molecular flexibility index (Phi) is 5.20. The van der Waals surface area contributed by atoms with Crippen LogP contribution in [0.25, 0.3) is 0 Å². The Bertz CT molecular complexity index is 518. The van der Waals surface area contributed by atoms with E-state index in [9.17, 15) is 0 Å². The van der Waals surface area contributed by atoms with E-state index in [-0.39, 0.29) is 0 Å². The molecule has 1 heterocycles. The fourth-order valence-corrected chi connectivity index (χ4v) is 3.57. The highest BCUT2D eigenvalue weighted by atomic mass is 79.9. The maximum Gasteiger partial charge on any atom is 0.0390 e. The summed E-state index contributed by atoms with van der Waals surface area (Å²) < 4.78 is 1.14. The second kappa shape index (κ2) is 6.69. The molecule has 0 spiro atoms. The maximum atomic E-state index is 3.68. The van der Waals surface area contributed by atoms with Gasteiger partial charge in [0.25, 0.3) is 0 Å². The molecular weight excluding hydrogens is 318 g/mol. The Morgan fingerprint density at radius 2 is 1.84 bits per heavy atom. The molecule has 3 heteroatoms. The predicted octanol–water partition coefficient (Wildman–Crippen LogP) is 5.10. The van der Waals surface area contributed by atoms with Gasteiger partial charge in [-0.05, 0) is 61.9 Å². The molecule has 1 aromatic carbocycles. The smallest absolute Gasteiger partial charge is 0.0390 e. The molecule has 19 heavy (non-hydrogen) atoms. The largest absolute Gasteiger partial charge is 0.307 e. The summed E-state index contributed by atoms with van der Waals surface area (Å²) in [6.07, 6.45) is 1.06. The average molecular weight is 338 g/mol. The summed E-state index contributed by atoms with van der Waals surface area (Å²) in [6, 6.07) is 11.7. The highest BCUT2D eigenvalue weighted by molar-refractivity contribution is 9.10. The van der Waals surface area contributed by atoms with E-state index in [0.29, 0.717) is 12.1 Å². The Morgan fingerprint density at radius 1 is 1.16 bits per heavy atom. The molecule has 1 nitrogen and oxygen atoms in total. The number of hydrogen-bond acceptors (Lipinski definition) is 2. The number of nitrogens with one attached hydrogen (secondary N) is 1. The van der Waals surface area contributed by atoms with Crippen molar-refractivity contribution in [2.24, 2.45) is 0 Å². The molecule has 102 valence electrons. The first-order chi connectivity index (χ1) is 9.06. The van der Waals surface area contributed by atoms with Crippen LogP contribution in [0.15, 0.2) is 40.2 Å². The van der Waals surface area contributed by atoms with Crippen molar-refractivity contribution in [1.29, 1.82) is 0 Å². The zero-order chi connectivity index (χ0) is 13.8. The summed E-state index contributed by atoms with van der Waals surface area (Å²) in [6.45, 7) is 6.68. The molecule has 0 aliphatic rings. The van der Waals surface area contributed by atoms with Crippen LogP contribution in [0.3, 0.4) is 0 Å². The number of rotatable bonds is 5. The van der Waals surface area contributed by atoms with E-state index in [1.54, 1.807) is 0 Å². The first-order valence-corrected chi connectivity index (χ1v) is 8.28. The minimum Gasteiger partial charge on any atom is -0.307 e. The predicted molar refractivity (Wildman–Crippen MR) is 87.9 cm³/mol. The second-order valence-electron chi connectivity index (χ2n) is 5.09. The number of benzene rings is 1. The molecule has 2 aromatic rings. The van der Waals surface area contributed by atoms with Gasteiger partial charge in [0.2, 0.25) is 0 Å². The molecule has 2 rings (SSSR count). The first-order valence-electron chi connectivity index (χ1n) is 6.60. The Labute approximate surface area is 128 Å². The van der Waals surface area contributed by atoms with Crippen molar-refractivity contribution < 1.29 is 0 Å². The molecule has 1 N–H and O–H groups in total. The van der Waals surface area contributed by atoms with Crippen molar-refractivity contribution in [3.8, 4) is 0 Å². The van der Waals surface area contributed by atoms with Crippen molar-refractivity contribution in [3.05, 3.63) is 56.2 Å². The Morgan fingerprint density at radius 3 is 2.42 bits per heavy atom. The molecule has 0 aliphatic carbocycles. The van der Waals surface area contributed by atoms with Crippen LogP contribution in [0, 0.1) is 6.92 Å². The number of aryl methyl sites for hydroxylation is 1. The zero-order valence-electron chi connectivity index (χ0n) is 11.6. The first kappa shape index (κ1) is 14.8. The van der Waals surface area contributed by atoms with Crippen LogP contribution in [0.5, 0.6) is 0 Å². The maximum absolute atomic E-state index is 3.68. The molecule has 2 unspecified atom stereocenters. The van der Waals surface area contributed by atoms with Gasteiger partial charge in [-0.2, -0.15) is 0 Å². The van der Waals surface area contributed by atoms with Gasteiger partial charge in [0.05, 0.1) is 0 Å². The van der Waals surface area contributed by atoms with Crippen molar-refractivity contribution in [1.82, 2.24) is 5.32 Å². The molecule has 0 radical (unpaired) electrons. The van der Waals surface area contributed by atoms with E-state index in [1.807, 2.05) is 11.3 Å². The molecule has 0 bridgehead atoms. The van der Waals surface area contributed by atoms with Crippen molar-refractivity contribution in [2.75, 3.05) is 0 Å². The SMILES string of the molecule is Cc1ccsc1C(C)NC(C)Cc1ccc(Br)cc1. The van der Waals surface area contributed by atoms with Crippen LogP contribution in [0.1, 0.15) is 35.9 Å². The highest BCUT2D eigenvalue weighted by Crippen LogP contribution is 2.24. The lowest BCUT2D eigenvalue weighted by atomic mass is 10.1. The van der Waals surface area contributed by atoms with Crippen LogP contribution in [0.2, 0.25) is 0 Å². The third-order valence-electron chi connectivity index (χ3n) is 3.28. The van der Waals surface area contributed by atoms with Crippen LogP contribution >= 0.6 is 27.3 Å². The van der Waals surface area contributed by atoms with E-state index in [0.717, 1.165) is 10.9 Å².